The normalized spacial score (nSPS) is 23.7. The smallest absolute Gasteiger partial charge is 0.249 e. The Morgan fingerprint density at radius 1 is 1.31 bits per heavy atom. The molecule has 88 valence electrons. The molecule has 1 aromatic carbocycles. The van der Waals surface area contributed by atoms with Gasteiger partial charge in [0, 0.05) is 0 Å². The Morgan fingerprint density at radius 3 is 2.31 bits per heavy atom. The number of para-hydroxylation sites is 1. The first-order valence-corrected chi connectivity index (χ1v) is 6.55. The summed E-state index contributed by atoms with van der Waals surface area (Å²) in [5.74, 6) is 0. The zero-order valence-corrected chi connectivity index (χ0v) is 10.4. The summed E-state index contributed by atoms with van der Waals surface area (Å²) in [5, 5.41) is 0. The number of hydrogen-bond donors (Lipinski definition) is 0. The predicted octanol–water partition coefficient (Wildman–Crippen LogP) is 1.77. The van der Waals surface area contributed by atoms with Crippen molar-refractivity contribution in [1.82, 2.24) is 0 Å². The molecule has 1 atom stereocenters. The fourth-order valence-corrected chi connectivity index (χ4v) is 3.50. The van der Waals surface area contributed by atoms with Crippen molar-refractivity contribution in [2.24, 2.45) is 0 Å². The second kappa shape index (κ2) is 3.75. The van der Waals surface area contributed by atoms with Gasteiger partial charge in [-0.15, -0.1) is 0 Å². The monoisotopic (exact) mass is 241 g/mol. The van der Waals surface area contributed by atoms with Gasteiger partial charge in [-0.05, 0) is 31.9 Å². The number of rotatable bonds is 1. The Morgan fingerprint density at radius 2 is 1.88 bits per heavy atom. The molecule has 0 N–H and O–H groups in total. The maximum atomic E-state index is 11.8. The van der Waals surface area contributed by atoms with Crippen molar-refractivity contribution in [3.05, 3.63) is 29.3 Å². The summed E-state index contributed by atoms with van der Waals surface area (Å²) in [6.07, 6.45) is -0.288. The SMILES string of the molecule is Cc1cccc(C)c1N1CC(C)OS1(=O)=O. The lowest BCUT2D eigenvalue weighted by atomic mass is 10.1. The van der Waals surface area contributed by atoms with E-state index in [0.717, 1.165) is 16.8 Å². The van der Waals surface area contributed by atoms with Crippen LogP contribution in [0.25, 0.3) is 0 Å². The van der Waals surface area contributed by atoms with Gasteiger partial charge in [-0.2, -0.15) is 8.42 Å². The molecule has 1 heterocycles. The van der Waals surface area contributed by atoms with Crippen molar-refractivity contribution in [2.45, 2.75) is 26.9 Å². The quantitative estimate of drug-likeness (QED) is 0.753. The molecule has 0 bridgehead atoms. The van der Waals surface area contributed by atoms with Gasteiger partial charge < -0.3 is 0 Å². The van der Waals surface area contributed by atoms with E-state index in [1.54, 1.807) is 6.92 Å². The molecular weight excluding hydrogens is 226 g/mol. The Hall–Kier alpha value is -1.07. The van der Waals surface area contributed by atoms with E-state index in [4.69, 9.17) is 4.18 Å². The van der Waals surface area contributed by atoms with Crippen molar-refractivity contribution in [3.8, 4) is 0 Å². The minimum Gasteiger partial charge on any atom is -0.249 e. The Labute approximate surface area is 96.1 Å². The van der Waals surface area contributed by atoms with E-state index in [9.17, 15) is 8.42 Å². The second-order valence-corrected chi connectivity index (χ2v) is 5.62. The third-order valence-electron chi connectivity index (χ3n) is 2.67. The number of aryl methyl sites for hydroxylation is 2. The van der Waals surface area contributed by atoms with E-state index in [1.807, 2.05) is 32.0 Å². The van der Waals surface area contributed by atoms with Crippen LogP contribution in [0.1, 0.15) is 18.1 Å². The first kappa shape index (κ1) is 11.4. The first-order chi connectivity index (χ1) is 7.42. The van der Waals surface area contributed by atoms with Gasteiger partial charge in [0.2, 0.25) is 0 Å². The maximum Gasteiger partial charge on any atom is 0.362 e. The number of anilines is 1. The van der Waals surface area contributed by atoms with Crippen LogP contribution < -0.4 is 4.31 Å². The minimum atomic E-state index is -3.60. The van der Waals surface area contributed by atoms with Gasteiger partial charge in [-0.3, -0.25) is 0 Å². The lowest BCUT2D eigenvalue weighted by molar-refractivity contribution is 0.270. The molecule has 0 spiro atoms. The Kier molecular flexibility index (Phi) is 2.67. The largest absolute Gasteiger partial charge is 0.362 e. The Bertz CT molecular complexity index is 490. The molecule has 1 fully saturated rings. The summed E-state index contributed by atoms with van der Waals surface area (Å²) in [4.78, 5) is 0. The molecule has 0 aliphatic carbocycles. The van der Waals surface area contributed by atoms with Gasteiger partial charge in [0.05, 0.1) is 18.3 Å². The first-order valence-electron chi connectivity index (χ1n) is 5.19. The second-order valence-electron chi connectivity index (χ2n) is 4.14. The van der Waals surface area contributed by atoms with Gasteiger partial charge in [-0.25, -0.2) is 8.49 Å². The maximum absolute atomic E-state index is 11.8. The molecule has 1 saturated heterocycles. The molecule has 0 saturated carbocycles. The highest BCUT2D eigenvalue weighted by atomic mass is 32.2. The average Bonchev–Trinajstić information content (AvgIpc) is 2.39. The van der Waals surface area contributed by atoms with Crippen LogP contribution in [0.15, 0.2) is 18.2 Å². The molecule has 0 radical (unpaired) electrons. The molecule has 1 aromatic rings. The summed E-state index contributed by atoms with van der Waals surface area (Å²) >= 11 is 0. The summed E-state index contributed by atoms with van der Waals surface area (Å²) < 4.78 is 29.8. The summed E-state index contributed by atoms with van der Waals surface area (Å²) in [6, 6.07) is 5.73. The Balaban J connectivity index is 2.53. The van der Waals surface area contributed by atoms with Crippen LogP contribution in [0.5, 0.6) is 0 Å². The number of nitrogens with zero attached hydrogens (tertiary/aromatic N) is 1. The van der Waals surface area contributed by atoms with Gasteiger partial charge >= 0.3 is 10.3 Å². The molecule has 0 amide bonds. The predicted molar refractivity (Wildman–Crippen MR) is 62.7 cm³/mol. The fourth-order valence-electron chi connectivity index (χ4n) is 2.02. The zero-order valence-electron chi connectivity index (χ0n) is 9.60. The molecule has 2 rings (SSSR count). The zero-order chi connectivity index (χ0) is 11.9. The van der Waals surface area contributed by atoms with Crippen LogP contribution in [0.4, 0.5) is 5.69 Å². The van der Waals surface area contributed by atoms with Crippen molar-refractivity contribution < 1.29 is 12.6 Å². The molecule has 0 aromatic heterocycles. The van der Waals surface area contributed by atoms with E-state index in [2.05, 4.69) is 0 Å². The highest BCUT2D eigenvalue weighted by Gasteiger charge is 2.36. The lowest BCUT2D eigenvalue weighted by Gasteiger charge is -2.19. The summed E-state index contributed by atoms with van der Waals surface area (Å²) in [7, 11) is -3.60. The highest BCUT2D eigenvalue weighted by Crippen LogP contribution is 2.31. The molecule has 5 heteroatoms. The van der Waals surface area contributed by atoms with Crippen LogP contribution >= 0.6 is 0 Å². The van der Waals surface area contributed by atoms with E-state index in [0.29, 0.717) is 6.54 Å². The topological polar surface area (TPSA) is 46.6 Å². The summed E-state index contributed by atoms with van der Waals surface area (Å²) in [6.45, 7) is 5.95. The van der Waals surface area contributed by atoms with Crippen LogP contribution in [0, 0.1) is 13.8 Å². The van der Waals surface area contributed by atoms with E-state index >= 15 is 0 Å². The third kappa shape index (κ3) is 1.81. The van der Waals surface area contributed by atoms with E-state index in [-0.39, 0.29) is 6.10 Å². The average molecular weight is 241 g/mol. The fraction of sp³-hybridized carbons (Fsp3) is 0.455. The molecule has 16 heavy (non-hydrogen) atoms. The van der Waals surface area contributed by atoms with Crippen molar-refractivity contribution in [3.63, 3.8) is 0 Å². The van der Waals surface area contributed by atoms with Crippen LogP contribution in [-0.4, -0.2) is 21.1 Å². The van der Waals surface area contributed by atoms with Crippen molar-refractivity contribution >= 4 is 16.0 Å². The molecule has 1 aliphatic rings. The van der Waals surface area contributed by atoms with Gasteiger partial charge in [0.1, 0.15) is 0 Å². The minimum absolute atomic E-state index is 0.288. The molecule has 1 aliphatic heterocycles. The van der Waals surface area contributed by atoms with Gasteiger partial charge in [0.25, 0.3) is 0 Å². The third-order valence-corrected chi connectivity index (χ3v) is 4.11. The lowest BCUT2D eigenvalue weighted by Crippen LogP contribution is -2.26. The molecule has 4 nitrogen and oxygen atoms in total. The van der Waals surface area contributed by atoms with Crippen molar-refractivity contribution in [1.29, 1.82) is 0 Å². The molecule has 1 unspecified atom stereocenters. The van der Waals surface area contributed by atoms with Crippen LogP contribution in [-0.2, 0) is 14.5 Å². The van der Waals surface area contributed by atoms with Gasteiger partial charge in [-0.1, -0.05) is 18.2 Å². The standard InChI is InChI=1S/C11H15NO3S/c1-8-5-4-6-9(2)11(8)12-7-10(3)15-16(12,13)14/h4-6,10H,7H2,1-3H3. The van der Waals surface area contributed by atoms with Crippen LogP contribution in [0.2, 0.25) is 0 Å². The summed E-state index contributed by atoms with van der Waals surface area (Å²) in [5.41, 5.74) is 2.63. The number of benzene rings is 1. The highest BCUT2D eigenvalue weighted by molar-refractivity contribution is 7.88. The molecular formula is C11H15NO3S. The van der Waals surface area contributed by atoms with E-state index in [1.165, 1.54) is 4.31 Å². The van der Waals surface area contributed by atoms with Gasteiger partial charge in [0.15, 0.2) is 0 Å². The number of hydrogen-bond acceptors (Lipinski definition) is 3. The van der Waals surface area contributed by atoms with Crippen LogP contribution in [0.3, 0.4) is 0 Å². The van der Waals surface area contributed by atoms with E-state index < -0.39 is 10.3 Å². The van der Waals surface area contributed by atoms with Crippen molar-refractivity contribution in [2.75, 3.05) is 10.8 Å².